The van der Waals surface area contributed by atoms with E-state index in [1.807, 2.05) is 19.2 Å². The number of nitrogens with zero attached hydrogens (tertiary/aromatic N) is 3. The van der Waals surface area contributed by atoms with Crippen molar-refractivity contribution >= 4 is 13.0 Å². The molecule has 0 saturated heterocycles. The monoisotopic (exact) mass is 401 g/mol. The van der Waals surface area contributed by atoms with Crippen LogP contribution in [0, 0.1) is 24.2 Å². The summed E-state index contributed by atoms with van der Waals surface area (Å²) in [5.41, 5.74) is 4.58. The van der Waals surface area contributed by atoms with Crippen LogP contribution in [0.1, 0.15) is 49.3 Å². The first-order valence-electron chi connectivity index (χ1n) is 10.4. The van der Waals surface area contributed by atoms with Crippen LogP contribution in [0.2, 0.25) is 0 Å². The van der Waals surface area contributed by atoms with E-state index in [1.54, 1.807) is 5.01 Å². The highest BCUT2D eigenvalue weighted by Crippen LogP contribution is 2.25. The summed E-state index contributed by atoms with van der Waals surface area (Å²) in [6, 6.07) is 6.61. The van der Waals surface area contributed by atoms with Crippen LogP contribution in [-0.2, 0) is 17.8 Å². The fraction of sp³-hybridized carbons (Fsp3) is 0.385. The summed E-state index contributed by atoms with van der Waals surface area (Å²) >= 11 is 0. The Morgan fingerprint density at radius 3 is 3.00 bits per heavy atom. The van der Waals surface area contributed by atoms with Crippen molar-refractivity contribution in [3.8, 4) is 24.2 Å². The van der Waals surface area contributed by atoms with Crippen LogP contribution >= 0.6 is 0 Å². The van der Waals surface area contributed by atoms with E-state index in [-0.39, 0.29) is 6.04 Å². The number of hydrogen-bond acceptors (Lipinski definition) is 4. The number of unbranched alkanes of at least 4 members (excludes halogenated alkanes) is 1. The number of fused-ring (bicyclic) bond motifs is 1. The first-order valence-corrected chi connectivity index (χ1v) is 10.4. The molecule has 156 valence electrons. The highest BCUT2D eigenvalue weighted by Gasteiger charge is 2.22. The van der Waals surface area contributed by atoms with Gasteiger partial charge >= 0.3 is 0 Å². The summed E-state index contributed by atoms with van der Waals surface area (Å²) < 4.78 is 0. The fourth-order valence-corrected chi connectivity index (χ4v) is 3.61. The van der Waals surface area contributed by atoms with E-state index in [4.69, 9.17) is 6.42 Å². The van der Waals surface area contributed by atoms with Gasteiger partial charge in [-0.1, -0.05) is 36.0 Å². The van der Waals surface area contributed by atoms with Crippen molar-refractivity contribution in [1.29, 1.82) is 0 Å². The number of carbonyl (C=O) groups is 1. The van der Waals surface area contributed by atoms with E-state index in [2.05, 4.69) is 59.3 Å². The van der Waals surface area contributed by atoms with Gasteiger partial charge in [0.05, 0.1) is 0 Å². The smallest absolute Gasteiger partial charge is 0.120 e. The lowest BCUT2D eigenvalue weighted by Gasteiger charge is -2.34. The van der Waals surface area contributed by atoms with Crippen molar-refractivity contribution < 1.29 is 4.79 Å². The number of rotatable bonds is 10. The number of aldehydes is 1. The Bertz CT molecular complexity index is 882. The van der Waals surface area contributed by atoms with Crippen LogP contribution < -0.4 is 0 Å². The quantitative estimate of drug-likeness (QED) is 0.147. The average molecular weight is 402 g/mol. The molecule has 1 aromatic rings. The van der Waals surface area contributed by atoms with Gasteiger partial charge in [0.25, 0.3) is 0 Å². The van der Waals surface area contributed by atoms with Gasteiger partial charge in [-0.2, -0.15) is 5.10 Å². The Balaban J connectivity index is 2.01. The average Bonchev–Trinajstić information content (AvgIpc) is 2.78. The summed E-state index contributed by atoms with van der Waals surface area (Å²) in [5, 5.41) is 5.73. The maximum absolute atomic E-state index is 10.8. The maximum Gasteiger partial charge on any atom is 0.120 e. The Hall–Kier alpha value is -3.08. The van der Waals surface area contributed by atoms with Crippen LogP contribution in [0.15, 0.2) is 47.7 Å². The molecule has 0 bridgehead atoms. The predicted octanol–water partition coefficient (Wildman–Crippen LogP) is 4.16. The Morgan fingerprint density at radius 1 is 1.47 bits per heavy atom. The highest BCUT2D eigenvalue weighted by molar-refractivity contribution is 5.49. The minimum Gasteiger partial charge on any atom is -0.303 e. The largest absolute Gasteiger partial charge is 0.303 e. The molecule has 1 unspecified atom stereocenters. The standard InChI is InChI=1S/C26H31N3O/c1-5-22(3)20-29(27-4)17-9-7-8-12-23-13-10-14-24-16-18-28(21-26(23)24)25(6-2)15-11-19-30/h1,6,10,13-14,19-20,25H,2,4,7,9,11,15-18,21H2,3H3/b22-20+. The third-order valence-corrected chi connectivity index (χ3v) is 5.29. The SMILES string of the molecule is C#C/C(C)=C/N(CCCC#Cc1cccc2c1CN(C(C=C)CCC=O)CC2)N=C. The second-order valence-corrected chi connectivity index (χ2v) is 7.38. The fourth-order valence-electron chi connectivity index (χ4n) is 3.61. The molecule has 1 heterocycles. The van der Waals surface area contributed by atoms with Crippen molar-refractivity contribution in [2.24, 2.45) is 5.10 Å². The lowest BCUT2D eigenvalue weighted by molar-refractivity contribution is -0.108. The van der Waals surface area contributed by atoms with E-state index in [0.717, 1.165) is 62.7 Å². The lowest BCUT2D eigenvalue weighted by Crippen LogP contribution is -2.38. The van der Waals surface area contributed by atoms with Crippen LogP contribution in [0.4, 0.5) is 0 Å². The van der Waals surface area contributed by atoms with Gasteiger partial charge in [-0.3, -0.25) is 9.91 Å². The van der Waals surface area contributed by atoms with E-state index in [1.165, 1.54) is 11.1 Å². The van der Waals surface area contributed by atoms with Crippen molar-refractivity contribution in [2.45, 2.75) is 51.6 Å². The third-order valence-electron chi connectivity index (χ3n) is 5.29. The summed E-state index contributed by atoms with van der Waals surface area (Å²) in [6.45, 7) is 12.0. The zero-order chi connectivity index (χ0) is 21.8. The molecule has 30 heavy (non-hydrogen) atoms. The Kier molecular flexibility index (Phi) is 9.65. The summed E-state index contributed by atoms with van der Waals surface area (Å²) in [5.74, 6) is 9.26. The predicted molar refractivity (Wildman–Crippen MR) is 125 cm³/mol. The van der Waals surface area contributed by atoms with Gasteiger partial charge in [0.2, 0.25) is 0 Å². The number of carbonyl (C=O) groups excluding carboxylic acids is 1. The molecule has 0 spiro atoms. The molecule has 2 rings (SSSR count). The number of allylic oxidation sites excluding steroid dienone is 1. The molecule has 0 amide bonds. The zero-order valence-corrected chi connectivity index (χ0v) is 17.9. The summed E-state index contributed by atoms with van der Waals surface area (Å²) in [6.07, 6.45) is 14.2. The Morgan fingerprint density at radius 2 is 2.30 bits per heavy atom. The minimum atomic E-state index is 0.223. The van der Waals surface area contributed by atoms with Gasteiger partial charge in [0.1, 0.15) is 6.29 Å². The van der Waals surface area contributed by atoms with E-state index in [9.17, 15) is 4.79 Å². The molecule has 0 radical (unpaired) electrons. The van der Waals surface area contributed by atoms with E-state index >= 15 is 0 Å². The molecule has 0 saturated carbocycles. The van der Waals surface area contributed by atoms with Crippen molar-refractivity contribution in [1.82, 2.24) is 9.91 Å². The number of hydrogen-bond donors (Lipinski definition) is 0. The molecule has 1 aromatic carbocycles. The highest BCUT2D eigenvalue weighted by atomic mass is 16.1. The zero-order valence-electron chi connectivity index (χ0n) is 17.9. The molecule has 4 heteroatoms. The van der Waals surface area contributed by atoms with Gasteiger partial charge in [-0.25, -0.2) is 0 Å². The topological polar surface area (TPSA) is 35.9 Å². The van der Waals surface area contributed by atoms with Crippen LogP contribution in [0.3, 0.4) is 0 Å². The van der Waals surface area contributed by atoms with Gasteiger partial charge in [0.15, 0.2) is 0 Å². The first-order chi connectivity index (χ1) is 14.6. The lowest BCUT2D eigenvalue weighted by atomic mass is 9.93. The maximum atomic E-state index is 10.8. The van der Waals surface area contributed by atoms with Crippen LogP contribution in [0.25, 0.3) is 0 Å². The first kappa shape index (κ1) is 23.2. The summed E-state index contributed by atoms with van der Waals surface area (Å²) in [4.78, 5) is 13.2. The van der Waals surface area contributed by atoms with Crippen molar-refractivity contribution in [3.63, 3.8) is 0 Å². The van der Waals surface area contributed by atoms with Gasteiger partial charge in [-0.05, 0) is 43.4 Å². The molecule has 0 fully saturated rings. The van der Waals surface area contributed by atoms with Crippen LogP contribution in [-0.4, -0.2) is 42.0 Å². The Labute approximate surface area is 181 Å². The molecule has 1 aliphatic rings. The number of hydrazone groups is 1. The van der Waals surface area contributed by atoms with Gasteiger partial charge in [0, 0.05) is 62.6 Å². The molecule has 0 aromatic heterocycles. The normalized spacial score (nSPS) is 14.5. The van der Waals surface area contributed by atoms with Crippen molar-refractivity contribution in [2.75, 3.05) is 13.1 Å². The molecule has 4 nitrogen and oxygen atoms in total. The van der Waals surface area contributed by atoms with Gasteiger partial charge < -0.3 is 4.79 Å². The molecular weight excluding hydrogens is 370 g/mol. The van der Waals surface area contributed by atoms with E-state index < -0.39 is 0 Å². The molecular formula is C26H31N3O. The second-order valence-electron chi connectivity index (χ2n) is 7.38. The molecule has 1 aliphatic heterocycles. The summed E-state index contributed by atoms with van der Waals surface area (Å²) in [7, 11) is 0. The number of terminal acetylenes is 1. The van der Waals surface area contributed by atoms with Gasteiger partial charge in [-0.15, -0.1) is 13.0 Å². The molecule has 1 atom stereocenters. The number of benzene rings is 1. The molecule has 0 N–H and O–H groups in total. The third kappa shape index (κ3) is 6.76. The second kappa shape index (κ2) is 12.5. The molecule has 0 aliphatic carbocycles. The van der Waals surface area contributed by atoms with Crippen LogP contribution in [0.5, 0.6) is 0 Å². The van der Waals surface area contributed by atoms with E-state index in [0.29, 0.717) is 6.42 Å². The minimum absolute atomic E-state index is 0.223. The van der Waals surface area contributed by atoms with Crippen molar-refractivity contribution in [3.05, 3.63) is 59.3 Å².